The Balaban J connectivity index is 3.43. The summed E-state index contributed by atoms with van der Waals surface area (Å²) in [6, 6.07) is 4.53. The molecule has 0 spiro atoms. The van der Waals surface area contributed by atoms with Gasteiger partial charge in [0.2, 0.25) is 0 Å². The van der Waals surface area contributed by atoms with Gasteiger partial charge in [0.25, 0.3) is 6.43 Å². The number of pyridine rings is 1. The van der Waals surface area contributed by atoms with Gasteiger partial charge in [0.05, 0.1) is 29.4 Å². The maximum atomic E-state index is 12.6. The minimum Gasteiger partial charge on any atom is -0.325 e. The lowest BCUT2D eigenvalue weighted by Crippen LogP contribution is -2.07. The molecule has 0 saturated heterocycles. The number of alkyl halides is 2. The summed E-state index contributed by atoms with van der Waals surface area (Å²) in [5, 5.41) is 17.3. The first-order valence-electron chi connectivity index (χ1n) is 4.42. The summed E-state index contributed by atoms with van der Waals surface area (Å²) < 4.78 is 25.3. The Kier molecular flexibility index (Phi) is 3.87. The Labute approximate surface area is 90.9 Å². The SMILES string of the molecule is N#CCc1nc(CN)cc(C(F)F)c1C#N. The highest BCUT2D eigenvalue weighted by Crippen LogP contribution is 2.25. The van der Waals surface area contributed by atoms with Gasteiger partial charge in [-0.2, -0.15) is 10.5 Å². The quantitative estimate of drug-likeness (QED) is 0.837. The molecular weight excluding hydrogens is 214 g/mol. The zero-order valence-electron chi connectivity index (χ0n) is 8.24. The minimum absolute atomic E-state index is 0.0101. The Morgan fingerprint density at radius 2 is 2.12 bits per heavy atom. The molecule has 0 amide bonds. The molecule has 16 heavy (non-hydrogen) atoms. The third kappa shape index (κ3) is 2.30. The Morgan fingerprint density at radius 1 is 1.44 bits per heavy atom. The molecule has 0 radical (unpaired) electrons. The predicted octanol–water partition coefficient (Wildman–Crippen LogP) is 1.42. The van der Waals surface area contributed by atoms with Crippen LogP contribution in [-0.4, -0.2) is 4.98 Å². The first-order chi connectivity index (χ1) is 7.63. The number of aromatic nitrogens is 1. The molecule has 2 N–H and O–H groups in total. The van der Waals surface area contributed by atoms with Gasteiger partial charge < -0.3 is 5.73 Å². The number of rotatable bonds is 3. The maximum absolute atomic E-state index is 12.6. The molecule has 0 aliphatic carbocycles. The van der Waals surface area contributed by atoms with E-state index in [0.29, 0.717) is 0 Å². The van der Waals surface area contributed by atoms with Crippen molar-refractivity contribution in [3.63, 3.8) is 0 Å². The van der Waals surface area contributed by atoms with E-state index < -0.39 is 12.0 Å². The fraction of sp³-hybridized carbons (Fsp3) is 0.300. The van der Waals surface area contributed by atoms with Gasteiger partial charge in [0.1, 0.15) is 6.07 Å². The summed E-state index contributed by atoms with van der Waals surface area (Å²) in [6.07, 6.45) is -2.96. The van der Waals surface area contributed by atoms with Crippen LogP contribution in [0.5, 0.6) is 0 Å². The molecule has 4 nitrogen and oxygen atoms in total. The predicted molar refractivity (Wildman–Crippen MR) is 51.1 cm³/mol. The first kappa shape index (κ1) is 12.0. The number of hydrogen-bond acceptors (Lipinski definition) is 4. The van der Waals surface area contributed by atoms with Crippen molar-refractivity contribution in [3.8, 4) is 12.1 Å². The lowest BCUT2D eigenvalue weighted by molar-refractivity contribution is 0.150. The van der Waals surface area contributed by atoms with Crippen molar-refractivity contribution in [1.82, 2.24) is 4.98 Å². The number of nitrogens with zero attached hydrogens (tertiary/aromatic N) is 3. The van der Waals surface area contributed by atoms with Crippen molar-refractivity contribution in [2.24, 2.45) is 5.73 Å². The summed E-state index contributed by atoms with van der Waals surface area (Å²) in [7, 11) is 0. The van der Waals surface area contributed by atoms with Gasteiger partial charge in [-0.15, -0.1) is 0 Å². The summed E-state index contributed by atoms with van der Waals surface area (Å²) in [5.41, 5.74) is 4.97. The maximum Gasteiger partial charge on any atom is 0.265 e. The third-order valence-electron chi connectivity index (χ3n) is 1.98. The molecule has 1 heterocycles. The van der Waals surface area contributed by atoms with E-state index in [1.54, 1.807) is 12.1 Å². The highest BCUT2D eigenvalue weighted by Gasteiger charge is 2.18. The zero-order chi connectivity index (χ0) is 12.1. The monoisotopic (exact) mass is 222 g/mol. The molecular formula is C10H8F2N4. The van der Waals surface area contributed by atoms with E-state index in [0.717, 1.165) is 6.07 Å². The second-order valence-corrected chi connectivity index (χ2v) is 2.98. The Morgan fingerprint density at radius 3 is 2.56 bits per heavy atom. The van der Waals surface area contributed by atoms with E-state index in [2.05, 4.69) is 4.98 Å². The van der Waals surface area contributed by atoms with Gasteiger partial charge in [-0.3, -0.25) is 4.98 Å². The Bertz CT molecular complexity index is 471. The van der Waals surface area contributed by atoms with Crippen molar-refractivity contribution in [2.75, 3.05) is 0 Å². The third-order valence-corrected chi connectivity index (χ3v) is 1.98. The average Bonchev–Trinajstić information content (AvgIpc) is 2.28. The number of hydrogen-bond donors (Lipinski definition) is 1. The minimum atomic E-state index is -2.78. The molecule has 0 atom stereocenters. The van der Waals surface area contributed by atoms with Crippen LogP contribution in [0.2, 0.25) is 0 Å². The number of halogens is 2. The van der Waals surface area contributed by atoms with Crippen LogP contribution >= 0.6 is 0 Å². The molecule has 0 fully saturated rings. The Hall–Kier alpha value is -2.05. The van der Waals surface area contributed by atoms with E-state index in [4.69, 9.17) is 16.3 Å². The van der Waals surface area contributed by atoms with Gasteiger partial charge in [0, 0.05) is 12.1 Å². The van der Waals surface area contributed by atoms with Gasteiger partial charge in [-0.1, -0.05) is 0 Å². The van der Waals surface area contributed by atoms with Crippen LogP contribution < -0.4 is 5.73 Å². The molecule has 6 heteroatoms. The van der Waals surface area contributed by atoms with Gasteiger partial charge in [-0.25, -0.2) is 8.78 Å². The standard InChI is InChI=1S/C10H8F2N4/c11-10(12)7-3-6(4-14)16-9(1-2-13)8(7)5-15/h3,10H,1,4,14H2. The van der Waals surface area contributed by atoms with Gasteiger partial charge in [0.15, 0.2) is 0 Å². The lowest BCUT2D eigenvalue weighted by Gasteiger charge is -2.08. The van der Waals surface area contributed by atoms with Crippen LogP contribution in [-0.2, 0) is 13.0 Å². The van der Waals surface area contributed by atoms with E-state index in [9.17, 15) is 8.78 Å². The van der Waals surface area contributed by atoms with Crippen molar-refractivity contribution in [3.05, 3.63) is 28.6 Å². The summed E-state index contributed by atoms with van der Waals surface area (Å²) >= 11 is 0. The molecule has 0 aliphatic rings. The van der Waals surface area contributed by atoms with Crippen LogP contribution in [0.15, 0.2) is 6.07 Å². The van der Waals surface area contributed by atoms with Crippen LogP contribution in [0.3, 0.4) is 0 Å². The zero-order valence-corrected chi connectivity index (χ0v) is 8.24. The van der Waals surface area contributed by atoms with Gasteiger partial charge in [-0.05, 0) is 6.07 Å². The number of nitrogens with two attached hydrogens (primary N) is 1. The van der Waals surface area contributed by atoms with E-state index in [1.165, 1.54) is 0 Å². The molecule has 1 aromatic rings. The highest BCUT2D eigenvalue weighted by molar-refractivity contribution is 5.44. The van der Waals surface area contributed by atoms with Crippen molar-refractivity contribution >= 4 is 0 Å². The van der Waals surface area contributed by atoms with Crippen molar-refractivity contribution in [2.45, 2.75) is 19.4 Å². The molecule has 0 aromatic carbocycles. The molecule has 0 saturated carbocycles. The molecule has 1 aromatic heterocycles. The largest absolute Gasteiger partial charge is 0.325 e. The second kappa shape index (κ2) is 5.15. The molecule has 0 unspecified atom stereocenters. The topological polar surface area (TPSA) is 86.5 Å². The summed E-state index contributed by atoms with van der Waals surface area (Å²) in [4.78, 5) is 3.89. The summed E-state index contributed by atoms with van der Waals surface area (Å²) in [6.45, 7) is -0.0101. The smallest absolute Gasteiger partial charge is 0.265 e. The van der Waals surface area contributed by atoms with Crippen LogP contribution in [0.4, 0.5) is 8.78 Å². The lowest BCUT2D eigenvalue weighted by atomic mass is 10.0. The van der Waals surface area contributed by atoms with Crippen LogP contribution in [0.25, 0.3) is 0 Å². The fourth-order valence-corrected chi connectivity index (χ4v) is 1.29. The van der Waals surface area contributed by atoms with Crippen molar-refractivity contribution < 1.29 is 8.78 Å². The van der Waals surface area contributed by atoms with E-state index >= 15 is 0 Å². The molecule has 0 bridgehead atoms. The molecule has 1 rings (SSSR count). The van der Waals surface area contributed by atoms with E-state index in [1.807, 2.05) is 0 Å². The van der Waals surface area contributed by atoms with Crippen LogP contribution in [0.1, 0.15) is 28.9 Å². The second-order valence-electron chi connectivity index (χ2n) is 2.98. The van der Waals surface area contributed by atoms with E-state index in [-0.39, 0.29) is 29.9 Å². The normalized spacial score (nSPS) is 9.88. The van der Waals surface area contributed by atoms with Crippen LogP contribution in [0, 0.1) is 22.7 Å². The average molecular weight is 222 g/mol. The fourth-order valence-electron chi connectivity index (χ4n) is 1.29. The molecule has 0 aliphatic heterocycles. The van der Waals surface area contributed by atoms with Crippen molar-refractivity contribution in [1.29, 1.82) is 10.5 Å². The highest BCUT2D eigenvalue weighted by atomic mass is 19.3. The van der Waals surface area contributed by atoms with Gasteiger partial charge >= 0.3 is 0 Å². The molecule has 82 valence electrons. The summed E-state index contributed by atoms with van der Waals surface area (Å²) in [5.74, 6) is 0. The number of nitriles is 2. The first-order valence-corrected chi connectivity index (χ1v) is 4.42.